The van der Waals surface area contributed by atoms with Crippen LogP contribution in [0.15, 0.2) is 24.5 Å². The molecule has 0 aromatic carbocycles. The molecule has 1 aromatic rings. The molecule has 2 unspecified atom stereocenters. The summed E-state index contributed by atoms with van der Waals surface area (Å²) in [6.45, 7) is 7.90. The van der Waals surface area contributed by atoms with E-state index >= 15 is 0 Å². The maximum Gasteiger partial charge on any atom is 0.223 e. The third kappa shape index (κ3) is 4.81. The van der Waals surface area contributed by atoms with Gasteiger partial charge in [-0.2, -0.15) is 0 Å². The first kappa shape index (κ1) is 16.0. The van der Waals surface area contributed by atoms with Crippen LogP contribution in [0.25, 0.3) is 0 Å². The summed E-state index contributed by atoms with van der Waals surface area (Å²) in [6, 6.07) is 3.95. The lowest BCUT2D eigenvalue weighted by Crippen LogP contribution is -2.37. The molecule has 116 valence electrons. The molecule has 1 fully saturated rings. The quantitative estimate of drug-likeness (QED) is 0.875. The molecule has 1 amide bonds. The van der Waals surface area contributed by atoms with E-state index in [4.69, 9.17) is 0 Å². The lowest BCUT2D eigenvalue weighted by Gasteiger charge is -2.30. The largest absolute Gasteiger partial charge is 0.339 e. The molecule has 1 N–H and O–H groups in total. The van der Waals surface area contributed by atoms with E-state index in [-0.39, 0.29) is 5.91 Å². The fourth-order valence-electron chi connectivity index (χ4n) is 3.02. The van der Waals surface area contributed by atoms with Gasteiger partial charge in [0.05, 0.1) is 0 Å². The van der Waals surface area contributed by atoms with Crippen molar-refractivity contribution in [3.05, 3.63) is 30.1 Å². The van der Waals surface area contributed by atoms with Crippen LogP contribution in [0.2, 0.25) is 0 Å². The van der Waals surface area contributed by atoms with E-state index in [1.807, 2.05) is 24.0 Å². The molecule has 2 rings (SSSR count). The fourth-order valence-corrected chi connectivity index (χ4v) is 3.02. The number of carbonyl (C=O) groups excluding carboxylic acids is 1. The second kappa shape index (κ2) is 8.13. The highest BCUT2D eigenvalue weighted by atomic mass is 16.2. The molecule has 1 aliphatic rings. The number of hydrogen-bond donors (Lipinski definition) is 1. The highest BCUT2D eigenvalue weighted by molar-refractivity contribution is 5.76. The number of aromatic nitrogens is 1. The minimum Gasteiger partial charge on any atom is -0.339 e. The van der Waals surface area contributed by atoms with E-state index in [0.29, 0.717) is 24.8 Å². The maximum absolute atomic E-state index is 12.5. The molecule has 2 atom stereocenters. The zero-order chi connectivity index (χ0) is 15.1. The Hall–Kier alpha value is -1.42. The molecule has 1 aliphatic heterocycles. The first-order chi connectivity index (χ1) is 10.2. The molecule has 1 saturated heterocycles. The Bertz CT molecular complexity index is 429. The summed E-state index contributed by atoms with van der Waals surface area (Å²) >= 11 is 0. The van der Waals surface area contributed by atoms with Crippen molar-refractivity contribution in [1.82, 2.24) is 15.2 Å². The Kier molecular flexibility index (Phi) is 6.18. The van der Waals surface area contributed by atoms with Gasteiger partial charge < -0.3 is 10.2 Å². The summed E-state index contributed by atoms with van der Waals surface area (Å²) in [4.78, 5) is 18.5. The standard InChI is InChI=1S/C17H27N3O/c1-3-20(13-15-6-9-18-10-7-15)17(21)11-14(2)16-5-4-8-19-12-16/h6-7,9-10,14,16,19H,3-5,8,11-13H2,1-2H3. The summed E-state index contributed by atoms with van der Waals surface area (Å²) in [5.41, 5.74) is 1.15. The van der Waals surface area contributed by atoms with Crippen molar-refractivity contribution >= 4 is 5.91 Å². The van der Waals surface area contributed by atoms with E-state index in [1.54, 1.807) is 12.4 Å². The van der Waals surface area contributed by atoms with Crippen molar-refractivity contribution < 1.29 is 4.79 Å². The molecular formula is C17H27N3O. The third-order valence-electron chi connectivity index (χ3n) is 4.49. The van der Waals surface area contributed by atoms with Crippen LogP contribution < -0.4 is 5.32 Å². The Morgan fingerprint density at radius 2 is 2.24 bits per heavy atom. The molecule has 21 heavy (non-hydrogen) atoms. The minimum atomic E-state index is 0.271. The van der Waals surface area contributed by atoms with E-state index in [9.17, 15) is 4.79 Å². The first-order valence-corrected chi connectivity index (χ1v) is 8.08. The number of hydrogen-bond acceptors (Lipinski definition) is 3. The van der Waals surface area contributed by atoms with Crippen LogP contribution in [0.5, 0.6) is 0 Å². The summed E-state index contributed by atoms with van der Waals surface area (Å²) < 4.78 is 0. The molecule has 0 aliphatic carbocycles. The molecule has 4 heteroatoms. The highest BCUT2D eigenvalue weighted by Gasteiger charge is 2.23. The number of nitrogens with zero attached hydrogens (tertiary/aromatic N) is 2. The second-order valence-electron chi connectivity index (χ2n) is 6.05. The summed E-state index contributed by atoms with van der Waals surface area (Å²) in [6.07, 6.45) is 6.70. The van der Waals surface area contributed by atoms with Crippen molar-refractivity contribution in [3.8, 4) is 0 Å². The molecule has 2 heterocycles. The summed E-state index contributed by atoms with van der Waals surface area (Å²) in [5, 5.41) is 3.44. The predicted octanol–water partition coefficient (Wildman–Crippen LogP) is 2.46. The predicted molar refractivity (Wildman–Crippen MR) is 84.7 cm³/mol. The van der Waals surface area contributed by atoms with Gasteiger partial charge in [-0.05, 0) is 62.4 Å². The minimum absolute atomic E-state index is 0.271. The van der Waals surface area contributed by atoms with Gasteiger partial charge in [-0.3, -0.25) is 9.78 Å². The summed E-state index contributed by atoms with van der Waals surface area (Å²) in [7, 11) is 0. The normalized spacial score (nSPS) is 20.0. The molecule has 0 radical (unpaired) electrons. The van der Waals surface area contributed by atoms with E-state index < -0.39 is 0 Å². The van der Waals surface area contributed by atoms with Gasteiger partial charge >= 0.3 is 0 Å². The smallest absolute Gasteiger partial charge is 0.223 e. The number of pyridine rings is 1. The lowest BCUT2D eigenvalue weighted by atomic mass is 9.85. The highest BCUT2D eigenvalue weighted by Crippen LogP contribution is 2.23. The van der Waals surface area contributed by atoms with Crippen LogP contribution in [0.4, 0.5) is 0 Å². The second-order valence-corrected chi connectivity index (χ2v) is 6.05. The van der Waals surface area contributed by atoms with Crippen molar-refractivity contribution in [1.29, 1.82) is 0 Å². The van der Waals surface area contributed by atoms with Crippen LogP contribution in [-0.4, -0.2) is 35.4 Å². The van der Waals surface area contributed by atoms with Crippen LogP contribution in [0.1, 0.15) is 38.7 Å². The van der Waals surface area contributed by atoms with Gasteiger partial charge in [-0.25, -0.2) is 0 Å². The van der Waals surface area contributed by atoms with Crippen molar-refractivity contribution in [3.63, 3.8) is 0 Å². The summed E-state index contributed by atoms with van der Waals surface area (Å²) in [5.74, 6) is 1.37. The van der Waals surface area contributed by atoms with E-state index in [0.717, 1.165) is 25.2 Å². The number of nitrogens with one attached hydrogen (secondary N) is 1. The van der Waals surface area contributed by atoms with E-state index in [1.165, 1.54) is 12.8 Å². The zero-order valence-electron chi connectivity index (χ0n) is 13.2. The van der Waals surface area contributed by atoms with E-state index in [2.05, 4.69) is 17.2 Å². The Morgan fingerprint density at radius 3 is 2.86 bits per heavy atom. The first-order valence-electron chi connectivity index (χ1n) is 8.08. The SMILES string of the molecule is CCN(Cc1ccncc1)C(=O)CC(C)C1CCCNC1. The number of piperidine rings is 1. The van der Waals surface area contributed by atoms with Gasteiger partial charge in [0.15, 0.2) is 0 Å². The monoisotopic (exact) mass is 289 g/mol. The van der Waals surface area contributed by atoms with Gasteiger partial charge in [0.2, 0.25) is 5.91 Å². The Labute approximate surface area is 127 Å². The molecule has 0 bridgehead atoms. The van der Waals surface area contributed by atoms with Gasteiger partial charge in [0.25, 0.3) is 0 Å². The van der Waals surface area contributed by atoms with Gasteiger partial charge in [0, 0.05) is 31.9 Å². The van der Waals surface area contributed by atoms with Crippen LogP contribution in [-0.2, 0) is 11.3 Å². The Balaban J connectivity index is 1.87. The van der Waals surface area contributed by atoms with Gasteiger partial charge in [-0.15, -0.1) is 0 Å². The lowest BCUT2D eigenvalue weighted by molar-refractivity contribution is -0.133. The average Bonchev–Trinajstić information content (AvgIpc) is 2.54. The topological polar surface area (TPSA) is 45.2 Å². The fraction of sp³-hybridized carbons (Fsp3) is 0.647. The maximum atomic E-state index is 12.5. The molecule has 0 spiro atoms. The van der Waals surface area contributed by atoms with Crippen molar-refractivity contribution in [2.75, 3.05) is 19.6 Å². The van der Waals surface area contributed by atoms with Gasteiger partial charge in [-0.1, -0.05) is 6.92 Å². The molecular weight excluding hydrogens is 262 g/mol. The van der Waals surface area contributed by atoms with Crippen LogP contribution in [0.3, 0.4) is 0 Å². The van der Waals surface area contributed by atoms with Crippen LogP contribution >= 0.6 is 0 Å². The number of carbonyl (C=O) groups is 1. The molecule has 4 nitrogen and oxygen atoms in total. The molecule has 1 aromatic heterocycles. The Morgan fingerprint density at radius 1 is 1.48 bits per heavy atom. The van der Waals surface area contributed by atoms with Crippen LogP contribution in [0, 0.1) is 11.8 Å². The zero-order valence-corrected chi connectivity index (χ0v) is 13.2. The molecule has 0 saturated carbocycles. The third-order valence-corrected chi connectivity index (χ3v) is 4.49. The number of rotatable bonds is 6. The van der Waals surface area contributed by atoms with Gasteiger partial charge in [0.1, 0.15) is 0 Å². The van der Waals surface area contributed by atoms with Crippen molar-refractivity contribution in [2.45, 2.75) is 39.7 Å². The number of amides is 1. The average molecular weight is 289 g/mol. The van der Waals surface area contributed by atoms with Crippen molar-refractivity contribution in [2.24, 2.45) is 11.8 Å².